The van der Waals surface area contributed by atoms with Crippen molar-refractivity contribution in [3.63, 3.8) is 0 Å². The molecule has 1 N–H and O–H groups in total. The van der Waals surface area contributed by atoms with Gasteiger partial charge in [0, 0.05) is 11.4 Å². The summed E-state index contributed by atoms with van der Waals surface area (Å²) in [4.78, 5) is 13.4. The van der Waals surface area contributed by atoms with Crippen LogP contribution in [0.5, 0.6) is 0 Å². The molecule has 0 saturated carbocycles. The Labute approximate surface area is 166 Å². The molecule has 0 unspecified atom stereocenters. The molecule has 0 radical (unpaired) electrons. The second-order valence-corrected chi connectivity index (χ2v) is 9.48. The zero-order valence-electron chi connectivity index (χ0n) is 15.9. The quantitative estimate of drug-likeness (QED) is 0.512. The Hall–Kier alpha value is -1.99. The molecule has 0 atom stereocenters. The molecule has 146 valence electrons. The molecule has 2 aromatic rings. The lowest BCUT2D eigenvalue weighted by Gasteiger charge is -2.22. The fourth-order valence-electron chi connectivity index (χ4n) is 2.47. The van der Waals surface area contributed by atoms with E-state index in [1.807, 2.05) is 38.1 Å². The summed E-state index contributed by atoms with van der Waals surface area (Å²) in [6, 6.07) is 15.5. The summed E-state index contributed by atoms with van der Waals surface area (Å²) in [5, 5.41) is 2.81. The van der Waals surface area contributed by atoms with Crippen molar-refractivity contribution in [2.45, 2.75) is 25.2 Å². The van der Waals surface area contributed by atoms with Crippen molar-refractivity contribution in [3.8, 4) is 0 Å². The van der Waals surface area contributed by atoms with Crippen LogP contribution in [0.3, 0.4) is 0 Å². The van der Waals surface area contributed by atoms with Crippen LogP contribution < -0.4 is 9.62 Å². The molecule has 1 amide bonds. The normalized spacial score (nSPS) is 11.2. The van der Waals surface area contributed by atoms with Crippen LogP contribution in [0, 0.1) is 13.8 Å². The van der Waals surface area contributed by atoms with Crippen molar-refractivity contribution < 1.29 is 13.2 Å². The molecule has 0 spiro atoms. The highest BCUT2D eigenvalue weighted by Crippen LogP contribution is 2.21. The Morgan fingerprint density at radius 1 is 1.07 bits per heavy atom. The second kappa shape index (κ2) is 9.80. The number of sulfonamides is 1. The van der Waals surface area contributed by atoms with E-state index in [4.69, 9.17) is 0 Å². The van der Waals surface area contributed by atoms with Crippen molar-refractivity contribution >= 4 is 33.4 Å². The molecule has 0 fully saturated rings. The first-order valence-electron chi connectivity index (χ1n) is 8.77. The molecule has 5 nitrogen and oxygen atoms in total. The molecule has 0 bridgehead atoms. The van der Waals surface area contributed by atoms with Crippen molar-refractivity contribution in [3.05, 3.63) is 59.7 Å². The van der Waals surface area contributed by atoms with E-state index in [-0.39, 0.29) is 12.5 Å². The van der Waals surface area contributed by atoms with Crippen LogP contribution in [-0.4, -0.2) is 39.4 Å². The third kappa shape index (κ3) is 6.92. The minimum absolute atomic E-state index is 0.215. The first-order valence-corrected chi connectivity index (χ1v) is 11.6. The summed E-state index contributed by atoms with van der Waals surface area (Å²) in [6.45, 7) is 4.18. The summed E-state index contributed by atoms with van der Waals surface area (Å²) in [5.74, 6) is 0.584. The summed E-state index contributed by atoms with van der Waals surface area (Å²) in [5.41, 5.74) is 2.57. The van der Waals surface area contributed by atoms with Gasteiger partial charge in [0.2, 0.25) is 15.9 Å². The van der Waals surface area contributed by atoms with Crippen molar-refractivity contribution in [1.29, 1.82) is 0 Å². The predicted octanol–water partition coefficient (Wildman–Crippen LogP) is 3.37. The maximum atomic E-state index is 12.2. The van der Waals surface area contributed by atoms with Gasteiger partial charge in [-0.05, 0) is 61.4 Å². The van der Waals surface area contributed by atoms with Gasteiger partial charge in [-0.1, -0.05) is 24.3 Å². The highest BCUT2D eigenvalue weighted by atomic mass is 32.2. The lowest BCUT2D eigenvalue weighted by molar-refractivity contribution is -0.119. The van der Waals surface area contributed by atoms with E-state index in [0.29, 0.717) is 12.2 Å². The van der Waals surface area contributed by atoms with E-state index in [0.717, 1.165) is 33.9 Å². The van der Waals surface area contributed by atoms with Crippen molar-refractivity contribution in [2.75, 3.05) is 29.4 Å². The number of hydrogen-bond donors (Lipinski definition) is 1. The molecule has 7 heteroatoms. The smallest absolute Gasteiger partial charge is 0.240 e. The molecule has 2 rings (SSSR count). The molecule has 2 aromatic carbocycles. The number of thioether (sulfide) groups is 1. The monoisotopic (exact) mass is 406 g/mol. The van der Waals surface area contributed by atoms with Gasteiger partial charge in [0.15, 0.2) is 0 Å². The fraction of sp³-hybridized carbons (Fsp3) is 0.350. The van der Waals surface area contributed by atoms with Crippen molar-refractivity contribution in [1.82, 2.24) is 5.32 Å². The number of carbonyl (C=O) groups is 1. The minimum atomic E-state index is -3.55. The summed E-state index contributed by atoms with van der Waals surface area (Å²) in [6.07, 6.45) is 1.93. The molecular weight excluding hydrogens is 380 g/mol. The van der Waals surface area contributed by atoms with Gasteiger partial charge in [-0.25, -0.2) is 8.42 Å². The molecule has 0 heterocycles. The zero-order chi connectivity index (χ0) is 19.9. The number of rotatable bonds is 9. The van der Waals surface area contributed by atoms with Gasteiger partial charge < -0.3 is 5.32 Å². The molecule has 0 aliphatic rings. The van der Waals surface area contributed by atoms with E-state index >= 15 is 0 Å². The number of nitrogens with one attached hydrogen (secondary N) is 1. The van der Waals surface area contributed by atoms with E-state index in [1.54, 1.807) is 23.9 Å². The lowest BCUT2D eigenvalue weighted by atomic mass is 10.1. The number of nitrogens with zero attached hydrogens (tertiary/aromatic N) is 1. The first-order chi connectivity index (χ1) is 12.8. The van der Waals surface area contributed by atoms with Gasteiger partial charge in [0.05, 0.1) is 11.9 Å². The van der Waals surface area contributed by atoms with E-state index in [1.165, 1.54) is 4.90 Å². The molecule has 0 saturated heterocycles. The number of hydrogen-bond acceptors (Lipinski definition) is 4. The molecule has 0 aliphatic carbocycles. The number of aryl methyl sites for hydroxylation is 2. The van der Waals surface area contributed by atoms with Crippen LogP contribution in [-0.2, 0) is 14.8 Å². The maximum Gasteiger partial charge on any atom is 0.240 e. The van der Waals surface area contributed by atoms with Crippen LogP contribution in [0.25, 0.3) is 0 Å². The van der Waals surface area contributed by atoms with E-state index < -0.39 is 10.0 Å². The summed E-state index contributed by atoms with van der Waals surface area (Å²) >= 11 is 1.73. The van der Waals surface area contributed by atoms with Crippen LogP contribution in [0.2, 0.25) is 0 Å². The standard InChI is InChI=1S/C20H26N2O3S2/c1-16-10-11-18(14-17(16)2)22(27(3,24)25)15-20(23)21-12-7-13-26-19-8-5-4-6-9-19/h4-6,8-11,14H,7,12-13,15H2,1-3H3,(H,21,23). The zero-order valence-corrected chi connectivity index (χ0v) is 17.6. The first kappa shape index (κ1) is 21.3. The Balaban J connectivity index is 1.86. The van der Waals surface area contributed by atoms with Gasteiger partial charge in [0.25, 0.3) is 0 Å². The highest BCUT2D eigenvalue weighted by molar-refractivity contribution is 7.99. The minimum Gasteiger partial charge on any atom is -0.354 e. The third-order valence-electron chi connectivity index (χ3n) is 4.12. The lowest BCUT2D eigenvalue weighted by Crippen LogP contribution is -2.40. The van der Waals surface area contributed by atoms with Crippen LogP contribution >= 0.6 is 11.8 Å². The van der Waals surface area contributed by atoms with E-state index in [9.17, 15) is 13.2 Å². The Morgan fingerprint density at radius 3 is 2.41 bits per heavy atom. The maximum absolute atomic E-state index is 12.2. The fourth-order valence-corrected chi connectivity index (χ4v) is 4.20. The Bertz CT molecular complexity index is 868. The van der Waals surface area contributed by atoms with Gasteiger partial charge in [0.1, 0.15) is 6.54 Å². The van der Waals surface area contributed by atoms with Gasteiger partial charge in [-0.15, -0.1) is 11.8 Å². The highest BCUT2D eigenvalue weighted by Gasteiger charge is 2.21. The largest absolute Gasteiger partial charge is 0.354 e. The van der Waals surface area contributed by atoms with Gasteiger partial charge in [-0.2, -0.15) is 0 Å². The number of carbonyl (C=O) groups excluding carboxylic acids is 1. The summed E-state index contributed by atoms with van der Waals surface area (Å²) in [7, 11) is -3.55. The van der Waals surface area contributed by atoms with E-state index in [2.05, 4.69) is 17.4 Å². The topological polar surface area (TPSA) is 66.5 Å². The van der Waals surface area contributed by atoms with Crippen LogP contribution in [0.15, 0.2) is 53.4 Å². The van der Waals surface area contributed by atoms with Gasteiger partial charge in [-0.3, -0.25) is 9.10 Å². The van der Waals surface area contributed by atoms with Crippen LogP contribution in [0.1, 0.15) is 17.5 Å². The van der Waals surface area contributed by atoms with Crippen molar-refractivity contribution in [2.24, 2.45) is 0 Å². The molecule has 0 aliphatic heterocycles. The number of amides is 1. The number of benzene rings is 2. The number of anilines is 1. The average Bonchev–Trinajstić information content (AvgIpc) is 2.62. The average molecular weight is 407 g/mol. The molecular formula is C20H26N2O3S2. The van der Waals surface area contributed by atoms with Gasteiger partial charge >= 0.3 is 0 Å². The SMILES string of the molecule is Cc1ccc(N(CC(=O)NCCCSc2ccccc2)S(C)(=O)=O)cc1C. The molecule has 27 heavy (non-hydrogen) atoms. The Kier molecular flexibility index (Phi) is 7.74. The van der Waals surface area contributed by atoms with Crippen LogP contribution in [0.4, 0.5) is 5.69 Å². The second-order valence-electron chi connectivity index (χ2n) is 6.40. The third-order valence-corrected chi connectivity index (χ3v) is 6.36. The predicted molar refractivity (Wildman–Crippen MR) is 113 cm³/mol. The molecule has 0 aromatic heterocycles. The Morgan fingerprint density at radius 2 is 1.78 bits per heavy atom. The summed E-state index contributed by atoms with van der Waals surface area (Å²) < 4.78 is 25.4.